The number of fused-ring (bicyclic) bond motifs is 1. The number of aliphatic carboxylic acids is 1. The summed E-state index contributed by atoms with van der Waals surface area (Å²) in [6.07, 6.45) is 3.51. The highest BCUT2D eigenvalue weighted by molar-refractivity contribution is 5.67. The number of carboxylic acids is 1. The largest absolute Gasteiger partial charge is 0.485 e. The van der Waals surface area contributed by atoms with Gasteiger partial charge < -0.3 is 14.4 Å². The van der Waals surface area contributed by atoms with Crippen molar-refractivity contribution < 1.29 is 14.6 Å². The van der Waals surface area contributed by atoms with Crippen molar-refractivity contribution in [2.45, 2.75) is 33.4 Å². The molecule has 0 bridgehead atoms. The lowest BCUT2D eigenvalue weighted by atomic mass is 10.0. The zero-order valence-corrected chi connectivity index (χ0v) is 11.2. The van der Waals surface area contributed by atoms with Crippen LogP contribution < -0.4 is 10.3 Å². The van der Waals surface area contributed by atoms with Crippen LogP contribution in [0.3, 0.4) is 0 Å². The highest BCUT2D eigenvalue weighted by atomic mass is 16.5. The predicted molar refractivity (Wildman–Crippen MR) is 71.4 cm³/mol. The molecule has 1 aromatic rings. The van der Waals surface area contributed by atoms with E-state index in [1.165, 1.54) is 4.57 Å². The Hall–Kier alpha value is -2.04. The molecule has 0 spiro atoms. The van der Waals surface area contributed by atoms with Crippen LogP contribution in [0.2, 0.25) is 0 Å². The van der Waals surface area contributed by atoms with Crippen LogP contribution >= 0.6 is 0 Å². The number of ether oxygens (including phenoxy) is 1. The van der Waals surface area contributed by atoms with E-state index in [1.54, 1.807) is 19.1 Å². The van der Waals surface area contributed by atoms with Crippen LogP contribution in [0.5, 0.6) is 5.75 Å². The number of aryl methyl sites for hydroxylation is 1. The fraction of sp³-hybridized carbons (Fsp3) is 0.429. The molecule has 102 valence electrons. The molecule has 0 fully saturated rings. The van der Waals surface area contributed by atoms with Crippen LogP contribution in [0.1, 0.15) is 25.1 Å². The molecule has 0 saturated heterocycles. The summed E-state index contributed by atoms with van der Waals surface area (Å²) in [7, 11) is 0. The molecule has 0 aromatic carbocycles. The Morgan fingerprint density at radius 3 is 2.79 bits per heavy atom. The van der Waals surface area contributed by atoms with Gasteiger partial charge in [-0.2, -0.15) is 0 Å². The molecular formula is C14H17NO4. The van der Waals surface area contributed by atoms with Crippen molar-refractivity contribution in [1.29, 1.82) is 0 Å². The van der Waals surface area contributed by atoms with Crippen LogP contribution in [0.15, 0.2) is 16.9 Å². The first-order valence-electron chi connectivity index (χ1n) is 6.21. The molecule has 2 heterocycles. The molecule has 0 radical (unpaired) electrons. The maximum Gasteiger partial charge on any atom is 0.323 e. The van der Waals surface area contributed by atoms with Crippen LogP contribution in [-0.4, -0.2) is 21.7 Å². The smallest absolute Gasteiger partial charge is 0.323 e. The van der Waals surface area contributed by atoms with Crippen LogP contribution in [0, 0.1) is 12.8 Å². The van der Waals surface area contributed by atoms with E-state index in [2.05, 4.69) is 0 Å². The molecule has 0 unspecified atom stereocenters. The molecule has 0 saturated carbocycles. The monoisotopic (exact) mass is 263 g/mol. The standard InChI is InChI=1S/C14H17NO4/c1-8(2)11-5-4-10-12(19-11)6-9(3)15(14(10)18)7-13(16)17/h4-6,8,11H,7H2,1-3H3,(H,16,17)/t11-/m1/s1. The summed E-state index contributed by atoms with van der Waals surface area (Å²) in [5.41, 5.74) is 0.684. The van der Waals surface area contributed by atoms with E-state index in [1.807, 2.05) is 19.9 Å². The first-order valence-corrected chi connectivity index (χ1v) is 6.21. The van der Waals surface area contributed by atoms with Gasteiger partial charge in [0.25, 0.3) is 5.56 Å². The first kappa shape index (κ1) is 13.4. The second-order valence-corrected chi connectivity index (χ2v) is 5.03. The second-order valence-electron chi connectivity index (χ2n) is 5.03. The van der Waals surface area contributed by atoms with Crippen molar-refractivity contribution in [1.82, 2.24) is 4.57 Å². The lowest BCUT2D eigenvalue weighted by molar-refractivity contribution is -0.137. The SMILES string of the molecule is Cc1cc2c(c(=O)n1CC(=O)O)C=C[C@H](C(C)C)O2. The molecule has 0 aliphatic carbocycles. The van der Waals surface area contributed by atoms with Crippen molar-refractivity contribution in [3.05, 3.63) is 33.8 Å². The van der Waals surface area contributed by atoms with Gasteiger partial charge in [-0.1, -0.05) is 13.8 Å². The molecule has 1 N–H and O–H groups in total. The van der Waals surface area contributed by atoms with Crippen LogP contribution in [0.25, 0.3) is 6.08 Å². The summed E-state index contributed by atoms with van der Waals surface area (Å²) >= 11 is 0. The third-order valence-electron chi connectivity index (χ3n) is 3.17. The minimum Gasteiger partial charge on any atom is -0.485 e. The Morgan fingerprint density at radius 1 is 1.53 bits per heavy atom. The van der Waals surface area contributed by atoms with Gasteiger partial charge in [-0.25, -0.2) is 0 Å². The number of nitrogens with zero attached hydrogens (tertiary/aromatic N) is 1. The number of rotatable bonds is 3. The van der Waals surface area contributed by atoms with Crippen molar-refractivity contribution in [2.75, 3.05) is 0 Å². The summed E-state index contributed by atoms with van der Waals surface area (Å²) in [5.74, 6) is -0.192. The van der Waals surface area contributed by atoms with E-state index in [9.17, 15) is 9.59 Å². The second kappa shape index (κ2) is 4.91. The maximum absolute atomic E-state index is 12.2. The maximum atomic E-state index is 12.2. The van der Waals surface area contributed by atoms with Crippen LogP contribution in [-0.2, 0) is 11.3 Å². The van der Waals surface area contributed by atoms with Gasteiger partial charge in [-0.05, 0) is 25.0 Å². The Kier molecular flexibility index (Phi) is 3.46. The van der Waals surface area contributed by atoms with Gasteiger partial charge in [-0.15, -0.1) is 0 Å². The summed E-state index contributed by atoms with van der Waals surface area (Å²) < 4.78 is 7.01. The van der Waals surface area contributed by atoms with Gasteiger partial charge in [0, 0.05) is 11.8 Å². The number of carboxylic acid groups (broad SMARTS) is 1. The molecule has 1 aliphatic rings. The average molecular weight is 263 g/mol. The van der Waals surface area contributed by atoms with Crippen molar-refractivity contribution in [3.63, 3.8) is 0 Å². The molecule has 5 heteroatoms. The summed E-state index contributed by atoms with van der Waals surface area (Å²) in [6.45, 7) is 5.45. The Balaban J connectivity index is 2.48. The summed E-state index contributed by atoms with van der Waals surface area (Å²) in [4.78, 5) is 23.0. The topological polar surface area (TPSA) is 68.5 Å². The highest BCUT2D eigenvalue weighted by Gasteiger charge is 2.22. The number of carbonyl (C=O) groups is 1. The van der Waals surface area contributed by atoms with Gasteiger partial charge in [-0.3, -0.25) is 9.59 Å². The van der Waals surface area contributed by atoms with E-state index in [4.69, 9.17) is 9.84 Å². The summed E-state index contributed by atoms with van der Waals surface area (Å²) in [6, 6.07) is 1.72. The fourth-order valence-corrected chi connectivity index (χ4v) is 2.07. The zero-order valence-electron chi connectivity index (χ0n) is 11.2. The Morgan fingerprint density at radius 2 is 2.21 bits per heavy atom. The quantitative estimate of drug-likeness (QED) is 0.900. The molecule has 0 amide bonds. The van der Waals surface area contributed by atoms with E-state index in [0.717, 1.165) is 0 Å². The highest BCUT2D eigenvalue weighted by Crippen LogP contribution is 2.26. The first-order chi connectivity index (χ1) is 8.90. The molecular weight excluding hydrogens is 246 g/mol. The molecule has 5 nitrogen and oxygen atoms in total. The Labute approximate surface area is 111 Å². The molecule has 2 rings (SSSR count). The molecule has 1 atom stereocenters. The van der Waals surface area contributed by atoms with E-state index in [0.29, 0.717) is 22.9 Å². The van der Waals surface area contributed by atoms with Gasteiger partial charge in [0.05, 0.1) is 5.56 Å². The predicted octanol–water partition coefficient (Wildman–Crippen LogP) is 1.67. The fourth-order valence-electron chi connectivity index (χ4n) is 2.07. The van der Waals surface area contributed by atoms with Crippen LogP contribution in [0.4, 0.5) is 0 Å². The summed E-state index contributed by atoms with van der Waals surface area (Å²) in [5, 5.41) is 8.83. The normalized spacial score (nSPS) is 17.2. The number of hydrogen-bond donors (Lipinski definition) is 1. The lowest BCUT2D eigenvalue weighted by Gasteiger charge is -2.25. The Bertz CT molecular complexity index is 598. The van der Waals surface area contributed by atoms with Crippen molar-refractivity contribution >= 4 is 12.0 Å². The van der Waals surface area contributed by atoms with E-state index >= 15 is 0 Å². The minimum absolute atomic E-state index is 0.0541. The van der Waals surface area contributed by atoms with Crippen molar-refractivity contribution in [3.8, 4) is 5.75 Å². The molecule has 1 aromatic heterocycles. The molecule has 19 heavy (non-hydrogen) atoms. The number of pyridine rings is 1. The minimum atomic E-state index is -1.04. The zero-order chi connectivity index (χ0) is 14.2. The number of hydrogen-bond acceptors (Lipinski definition) is 3. The third-order valence-corrected chi connectivity index (χ3v) is 3.17. The van der Waals surface area contributed by atoms with Gasteiger partial charge in [0.1, 0.15) is 18.4 Å². The number of aromatic nitrogens is 1. The lowest BCUT2D eigenvalue weighted by Crippen LogP contribution is -2.31. The van der Waals surface area contributed by atoms with Crippen molar-refractivity contribution in [2.24, 2.45) is 5.92 Å². The van der Waals surface area contributed by atoms with E-state index < -0.39 is 5.97 Å². The van der Waals surface area contributed by atoms with Gasteiger partial charge >= 0.3 is 5.97 Å². The third kappa shape index (κ3) is 2.54. The van der Waals surface area contributed by atoms with Gasteiger partial charge in [0.15, 0.2) is 0 Å². The van der Waals surface area contributed by atoms with Gasteiger partial charge in [0.2, 0.25) is 0 Å². The molecule has 1 aliphatic heterocycles. The van der Waals surface area contributed by atoms with E-state index in [-0.39, 0.29) is 18.2 Å². The average Bonchev–Trinajstić information content (AvgIpc) is 2.33.